The first-order chi connectivity index (χ1) is 20.1. The molecule has 0 amide bonds. The highest BCUT2D eigenvalue weighted by Crippen LogP contribution is 2.30. The maximum atomic E-state index is 13.8. The first-order valence-electron chi connectivity index (χ1n) is 13.0. The van der Waals surface area contributed by atoms with Gasteiger partial charge in [-0.3, -0.25) is 23.5 Å². The van der Waals surface area contributed by atoms with E-state index in [1.807, 2.05) is 0 Å². The van der Waals surface area contributed by atoms with Crippen molar-refractivity contribution < 1.29 is 27.8 Å². The Morgan fingerprint density at radius 3 is 2.36 bits per heavy atom. The van der Waals surface area contributed by atoms with E-state index < -0.39 is 23.2 Å². The highest BCUT2D eigenvalue weighted by atomic mass is 19.3. The smallest absolute Gasteiger partial charge is 0.394 e. The first kappa shape index (κ1) is 28.6. The summed E-state index contributed by atoms with van der Waals surface area (Å²) in [6.07, 6.45) is -0.128. The predicted octanol–water partition coefficient (Wildman–Crippen LogP) is 4.16. The summed E-state index contributed by atoms with van der Waals surface area (Å²) in [4.78, 5) is 36.0. The van der Waals surface area contributed by atoms with Crippen LogP contribution in [0.25, 0.3) is 11.2 Å². The third kappa shape index (κ3) is 6.36. The maximum Gasteiger partial charge on any atom is 0.394 e. The van der Waals surface area contributed by atoms with Crippen LogP contribution in [0.4, 0.5) is 13.2 Å². The molecule has 218 valence electrons. The standard InChI is InChI=1S/C29H26F3N5O5/c1-29(31,32)42-23-7-2-6-22(15-23)41-27-34-25-24(36(27)17-19-8-10-21(30)11-9-19)26(39)35(13-4-14-38)28(40)37(25)18-20-5-3-12-33-16-20/h2-3,5-12,15-16,38H,4,13-14,17-18H2,1H3. The molecule has 1 N–H and O–H groups in total. The Hall–Kier alpha value is -4.91. The van der Waals surface area contributed by atoms with Crippen molar-refractivity contribution in [2.24, 2.45) is 0 Å². The molecule has 0 bridgehead atoms. The summed E-state index contributed by atoms with van der Waals surface area (Å²) in [5.74, 6) is -0.540. The summed E-state index contributed by atoms with van der Waals surface area (Å²) >= 11 is 0. The largest absolute Gasteiger partial charge is 0.433 e. The van der Waals surface area contributed by atoms with Crippen LogP contribution in [0.2, 0.25) is 0 Å². The van der Waals surface area contributed by atoms with Crippen molar-refractivity contribution in [3.8, 4) is 17.5 Å². The van der Waals surface area contributed by atoms with Crippen molar-refractivity contribution in [3.63, 3.8) is 0 Å². The second-order valence-electron chi connectivity index (χ2n) is 9.53. The third-order valence-corrected chi connectivity index (χ3v) is 6.25. The fraction of sp³-hybridized carbons (Fsp3) is 0.241. The van der Waals surface area contributed by atoms with Crippen LogP contribution < -0.4 is 20.7 Å². The van der Waals surface area contributed by atoms with Crippen molar-refractivity contribution in [3.05, 3.63) is 111 Å². The number of rotatable bonds is 11. The molecule has 0 spiro atoms. The van der Waals surface area contributed by atoms with Gasteiger partial charge in [0.2, 0.25) is 0 Å². The van der Waals surface area contributed by atoms with Gasteiger partial charge in [-0.1, -0.05) is 24.3 Å². The van der Waals surface area contributed by atoms with Crippen molar-refractivity contribution in [1.29, 1.82) is 0 Å². The lowest BCUT2D eigenvalue weighted by Crippen LogP contribution is -2.41. The Morgan fingerprint density at radius 2 is 1.67 bits per heavy atom. The molecule has 0 saturated carbocycles. The number of aromatic nitrogens is 5. The number of alkyl halides is 2. The number of benzene rings is 2. The summed E-state index contributed by atoms with van der Waals surface area (Å²) in [7, 11) is 0. The molecule has 13 heteroatoms. The van der Waals surface area contributed by atoms with E-state index in [1.54, 1.807) is 24.5 Å². The van der Waals surface area contributed by atoms with Crippen LogP contribution in [-0.2, 0) is 19.6 Å². The molecule has 0 radical (unpaired) electrons. The number of ether oxygens (including phenoxy) is 2. The minimum absolute atomic E-state index is 0.00429. The minimum Gasteiger partial charge on any atom is -0.433 e. The van der Waals surface area contributed by atoms with Gasteiger partial charge >= 0.3 is 17.8 Å². The molecule has 5 rings (SSSR count). The topological polar surface area (TPSA) is 113 Å². The van der Waals surface area contributed by atoms with E-state index in [9.17, 15) is 27.9 Å². The second-order valence-corrected chi connectivity index (χ2v) is 9.53. The van der Waals surface area contributed by atoms with E-state index in [1.165, 1.54) is 57.7 Å². The number of hydrogen-bond donors (Lipinski definition) is 1. The summed E-state index contributed by atoms with van der Waals surface area (Å²) in [5, 5.41) is 9.40. The molecule has 10 nitrogen and oxygen atoms in total. The van der Waals surface area contributed by atoms with E-state index in [-0.39, 0.29) is 61.3 Å². The third-order valence-electron chi connectivity index (χ3n) is 6.25. The maximum absolute atomic E-state index is 13.8. The number of pyridine rings is 1. The van der Waals surface area contributed by atoms with Crippen molar-refractivity contribution in [2.75, 3.05) is 6.61 Å². The predicted molar refractivity (Wildman–Crippen MR) is 147 cm³/mol. The molecule has 5 aromatic rings. The van der Waals surface area contributed by atoms with Gasteiger partial charge in [0.15, 0.2) is 11.2 Å². The Bertz CT molecular complexity index is 1810. The van der Waals surface area contributed by atoms with Gasteiger partial charge in [0, 0.05) is 38.5 Å². The monoisotopic (exact) mass is 581 g/mol. The number of imidazole rings is 1. The molecule has 0 atom stereocenters. The Balaban J connectivity index is 1.71. The summed E-state index contributed by atoms with van der Waals surface area (Å²) in [6, 6.07) is 14.4. The minimum atomic E-state index is -3.43. The number of halogens is 3. The molecule has 0 unspecified atom stereocenters. The van der Waals surface area contributed by atoms with Crippen LogP contribution in [0.3, 0.4) is 0 Å². The Morgan fingerprint density at radius 1 is 0.929 bits per heavy atom. The van der Waals surface area contributed by atoms with Crippen LogP contribution in [-0.4, -0.2) is 41.5 Å². The molecule has 42 heavy (non-hydrogen) atoms. The fourth-order valence-corrected chi connectivity index (χ4v) is 4.42. The molecule has 0 saturated heterocycles. The van der Waals surface area contributed by atoms with Crippen molar-refractivity contribution in [2.45, 2.75) is 39.1 Å². The van der Waals surface area contributed by atoms with E-state index in [2.05, 4.69) is 14.7 Å². The summed E-state index contributed by atoms with van der Waals surface area (Å²) in [6.45, 7) is 0.316. The fourth-order valence-electron chi connectivity index (χ4n) is 4.42. The summed E-state index contributed by atoms with van der Waals surface area (Å²) in [5.41, 5.74) is -0.0351. The van der Waals surface area contributed by atoms with Gasteiger partial charge in [-0.05, 0) is 47.9 Å². The molecule has 3 aromatic heterocycles. The highest BCUT2D eigenvalue weighted by Gasteiger charge is 2.25. The number of aliphatic hydroxyl groups is 1. The number of fused-ring (bicyclic) bond motifs is 1. The van der Waals surface area contributed by atoms with Gasteiger partial charge in [0.1, 0.15) is 17.3 Å². The van der Waals surface area contributed by atoms with E-state index in [4.69, 9.17) is 4.74 Å². The summed E-state index contributed by atoms with van der Waals surface area (Å²) < 4.78 is 55.0. The van der Waals surface area contributed by atoms with Gasteiger partial charge in [-0.15, -0.1) is 0 Å². The van der Waals surface area contributed by atoms with E-state index in [0.717, 1.165) is 4.57 Å². The van der Waals surface area contributed by atoms with Crippen LogP contribution in [0.5, 0.6) is 17.5 Å². The molecule has 3 heterocycles. The van der Waals surface area contributed by atoms with Crippen LogP contribution in [0.1, 0.15) is 24.5 Å². The quantitative estimate of drug-likeness (QED) is 0.249. The first-order valence-corrected chi connectivity index (χ1v) is 13.0. The lowest BCUT2D eigenvalue weighted by atomic mass is 10.2. The van der Waals surface area contributed by atoms with E-state index in [0.29, 0.717) is 18.1 Å². The second kappa shape index (κ2) is 11.9. The van der Waals surface area contributed by atoms with Gasteiger partial charge < -0.3 is 14.6 Å². The number of nitrogens with zero attached hydrogens (tertiary/aromatic N) is 5. The molecule has 2 aromatic carbocycles. The van der Waals surface area contributed by atoms with Crippen LogP contribution in [0.15, 0.2) is 82.6 Å². The average Bonchev–Trinajstić information content (AvgIpc) is 3.29. The molecular weight excluding hydrogens is 555 g/mol. The zero-order valence-corrected chi connectivity index (χ0v) is 22.4. The average molecular weight is 582 g/mol. The van der Waals surface area contributed by atoms with E-state index >= 15 is 0 Å². The molecule has 0 aliphatic carbocycles. The molecule has 0 aliphatic rings. The zero-order valence-electron chi connectivity index (χ0n) is 22.4. The SMILES string of the molecule is CC(F)(F)Oc1cccc(Oc2nc3c(c(=O)n(CCCO)c(=O)n3Cc3cccnc3)n2Cc2ccc(F)cc2)c1. The molecule has 0 fully saturated rings. The lowest BCUT2D eigenvalue weighted by molar-refractivity contribution is -0.159. The van der Waals surface area contributed by atoms with Gasteiger partial charge in [-0.25, -0.2) is 9.18 Å². The van der Waals surface area contributed by atoms with Crippen LogP contribution >= 0.6 is 0 Å². The lowest BCUT2D eigenvalue weighted by Gasteiger charge is -2.14. The van der Waals surface area contributed by atoms with Crippen LogP contribution in [0, 0.1) is 5.82 Å². The normalized spacial score (nSPS) is 11.6. The van der Waals surface area contributed by atoms with Gasteiger partial charge in [-0.2, -0.15) is 13.8 Å². The Kier molecular flexibility index (Phi) is 8.11. The number of hydrogen-bond acceptors (Lipinski definition) is 7. The number of aliphatic hydroxyl groups excluding tert-OH is 1. The van der Waals surface area contributed by atoms with Crippen molar-refractivity contribution in [1.82, 2.24) is 23.7 Å². The highest BCUT2D eigenvalue weighted by molar-refractivity contribution is 5.72. The molecule has 0 aliphatic heterocycles. The Labute approximate surface area is 236 Å². The van der Waals surface area contributed by atoms with Gasteiger partial charge in [0.05, 0.1) is 13.1 Å². The zero-order chi connectivity index (χ0) is 29.9. The van der Waals surface area contributed by atoms with Crippen molar-refractivity contribution >= 4 is 11.2 Å². The molecular formula is C29H26F3N5O5. The van der Waals surface area contributed by atoms with Gasteiger partial charge in [0.25, 0.3) is 5.56 Å².